The van der Waals surface area contributed by atoms with Gasteiger partial charge in [-0.1, -0.05) is 59.7 Å². The molecule has 2 aromatic rings. The number of benzene rings is 2. The lowest BCUT2D eigenvalue weighted by molar-refractivity contribution is -0.122. The Morgan fingerprint density at radius 2 is 1.77 bits per heavy atom. The van der Waals surface area contributed by atoms with E-state index in [1.54, 1.807) is 24.3 Å². The van der Waals surface area contributed by atoms with E-state index in [9.17, 15) is 13.2 Å². The lowest BCUT2D eigenvalue weighted by atomic mass is 9.97. The topological polar surface area (TPSA) is 75.3 Å². The number of aryl methyl sites for hydroxylation is 1. The van der Waals surface area contributed by atoms with Crippen LogP contribution >= 0.6 is 0 Å². The Morgan fingerprint density at radius 3 is 2.43 bits per heavy atom. The third-order valence-corrected chi connectivity index (χ3v) is 6.85. The molecule has 0 bridgehead atoms. The molecule has 1 aliphatic carbocycles. The van der Waals surface area contributed by atoms with E-state index in [1.165, 1.54) is 18.4 Å². The van der Waals surface area contributed by atoms with E-state index in [1.807, 2.05) is 37.3 Å². The van der Waals surface area contributed by atoms with Crippen molar-refractivity contribution in [3.05, 3.63) is 77.4 Å². The van der Waals surface area contributed by atoms with E-state index in [-0.39, 0.29) is 10.8 Å². The van der Waals surface area contributed by atoms with Gasteiger partial charge in [-0.3, -0.25) is 4.79 Å². The molecule has 1 amide bonds. The zero-order chi connectivity index (χ0) is 21.4. The van der Waals surface area contributed by atoms with Crippen LogP contribution in [0.1, 0.15) is 43.2 Å². The molecule has 2 N–H and O–H groups in total. The van der Waals surface area contributed by atoms with E-state index in [0.29, 0.717) is 13.0 Å². The maximum Gasteiger partial charge on any atom is 0.241 e. The molecule has 3 rings (SSSR count). The lowest BCUT2D eigenvalue weighted by Crippen LogP contribution is -2.48. The Hall–Kier alpha value is -2.44. The summed E-state index contributed by atoms with van der Waals surface area (Å²) in [5.74, 6) is -0.300. The molecule has 0 fully saturated rings. The summed E-state index contributed by atoms with van der Waals surface area (Å²) in [5, 5.41) is 2.93. The van der Waals surface area contributed by atoms with Crippen molar-refractivity contribution in [3.8, 4) is 0 Å². The number of rotatable bonds is 9. The molecule has 0 radical (unpaired) electrons. The number of allylic oxidation sites excluding steroid dienone is 1. The normalized spacial score (nSPS) is 15.3. The van der Waals surface area contributed by atoms with Crippen LogP contribution in [0.4, 0.5) is 0 Å². The Balaban J connectivity index is 1.69. The van der Waals surface area contributed by atoms with Crippen LogP contribution in [0.15, 0.2) is 71.1 Å². The molecule has 0 spiro atoms. The van der Waals surface area contributed by atoms with Gasteiger partial charge in [0.05, 0.1) is 4.90 Å². The second-order valence-electron chi connectivity index (χ2n) is 7.83. The first kappa shape index (κ1) is 22.2. The molecule has 0 aliphatic heterocycles. The van der Waals surface area contributed by atoms with Crippen molar-refractivity contribution in [2.24, 2.45) is 0 Å². The predicted octanol–water partition coefficient (Wildman–Crippen LogP) is 3.89. The fraction of sp³-hybridized carbons (Fsp3) is 0.375. The minimum absolute atomic E-state index is 0.159. The van der Waals surface area contributed by atoms with Gasteiger partial charge in [-0.15, -0.1) is 0 Å². The molecule has 1 atom stereocenters. The standard InChI is InChI=1S/C24H30N2O3S/c1-19-12-14-22(15-13-19)30(28,29)26-23(18-21-10-6-3-7-11-21)24(27)25-17-16-20-8-4-2-5-9-20/h3,6-8,10-15,23,26H,2,4-5,9,16-18H2,1H3,(H,25,27)/t23-/m0/s1. The van der Waals surface area contributed by atoms with Gasteiger partial charge in [-0.05, 0) is 63.1 Å². The fourth-order valence-electron chi connectivity index (χ4n) is 3.61. The highest BCUT2D eigenvalue weighted by Gasteiger charge is 2.26. The molecule has 2 aromatic carbocycles. The van der Waals surface area contributed by atoms with Gasteiger partial charge in [0.25, 0.3) is 0 Å². The molecule has 0 unspecified atom stereocenters. The highest BCUT2D eigenvalue weighted by atomic mass is 32.2. The van der Waals surface area contributed by atoms with Crippen LogP contribution in [0.5, 0.6) is 0 Å². The Bertz CT molecular complexity index is 967. The van der Waals surface area contributed by atoms with Gasteiger partial charge < -0.3 is 5.32 Å². The lowest BCUT2D eigenvalue weighted by Gasteiger charge is -2.19. The highest BCUT2D eigenvalue weighted by molar-refractivity contribution is 7.89. The molecule has 30 heavy (non-hydrogen) atoms. The molecule has 0 saturated heterocycles. The van der Waals surface area contributed by atoms with Crippen molar-refractivity contribution in [1.29, 1.82) is 0 Å². The van der Waals surface area contributed by atoms with Crippen molar-refractivity contribution < 1.29 is 13.2 Å². The summed E-state index contributed by atoms with van der Waals surface area (Å²) >= 11 is 0. The van der Waals surface area contributed by atoms with Crippen LogP contribution < -0.4 is 10.0 Å². The van der Waals surface area contributed by atoms with Crippen LogP contribution in [0.3, 0.4) is 0 Å². The Labute approximate surface area is 179 Å². The predicted molar refractivity (Wildman–Crippen MR) is 120 cm³/mol. The smallest absolute Gasteiger partial charge is 0.241 e. The van der Waals surface area contributed by atoms with Gasteiger partial charge in [-0.2, -0.15) is 4.72 Å². The van der Waals surface area contributed by atoms with E-state index in [0.717, 1.165) is 30.4 Å². The van der Waals surface area contributed by atoms with Gasteiger partial charge in [0, 0.05) is 6.54 Å². The van der Waals surface area contributed by atoms with Crippen molar-refractivity contribution in [2.75, 3.05) is 6.54 Å². The summed E-state index contributed by atoms with van der Waals surface area (Å²) in [6.45, 7) is 2.42. The van der Waals surface area contributed by atoms with Gasteiger partial charge in [-0.25, -0.2) is 8.42 Å². The minimum atomic E-state index is -3.81. The molecule has 5 nitrogen and oxygen atoms in total. The summed E-state index contributed by atoms with van der Waals surface area (Å²) < 4.78 is 28.4. The van der Waals surface area contributed by atoms with Gasteiger partial charge in [0.2, 0.25) is 15.9 Å². The first-order valence-electron chi connectivity index (χ1n) is 10.5. The summed E-state index contributed by atoms with van der Waals surface area (Å²) in [5.41, 5.74) is 3.25. The maximum atomic E-state index is 12.9. The molecule has 6 heteroatoms. The van der Waals surface area contributed by atoms with Crippen LogP contribution in [-0.4, -0.2) is 26.9 Å². The van der Waals surface area contributed by atoms with E-state index in [2.05, 4.69) is 16.1 Å². The molecule has 0 saturated carbocycles. The zero-order valence-corrected chi connectivity index (χ0v) is 18.3. The second kappa shape index (κ2) is 10.5. The first-order chi connectivity index (χ1) is 14.4. The van der Waals surface area contributed by atoms with Crippen LogP contribution in [0.2, 0.25) is 0 Å². The molecule has 1 aliphatic rings. The van der Waals surface area contributed by atoms with E-state index in [4.69, 9.17) is 0 Å². The maximum absolute atomic E-state index is 12.9. The number of hydrogen-bond acceptors (Lipinski definition) is 3. The molecular formula is C24H30N2O3S. The van der Waals surface area contributed by atoms with Crippen molar-refractivity contribution in [1.82, 2.24) is 10.0 Å². The molecular weight excluding hydrogens is 396 g/mol. The number of nitrogens with one attached hydrogen (secondary N) is 2. The van der Waals surface area contributed by atoms with Crippen molar-refractivity contribution >= 4 is 15.9 Å². The van der Waals surface area contributed by atoms with Gasteiger partial charge in [0.15, 0.2) is 0 Å². The molecule has 0 aromatic heterocycles. The number of amides is 1. The Morgan fingerprint density at radius 1 is 1.03 bits per heavy atom. The van der Waals surface area contributed by atoms with Crippen LogP contribution in [0.25, 0.3) is 0 Å². The number of carbonyl (C=O) groups is 1. The summed E-state index contributed by atoms with van der Waals surface area (Å²) in [6.07, 6.45) is 7.99. The zero-order valence-electron chi connectivity index (χ0n) is 17.4. The van der Waals surface area contributed by atoms with Gasteiger partial charge >= 0.3 is 0 Å². The monoisotopic (exact) mass is 426 g/mol. The summed E-state index contributed by atoms with van der Waals surface area (Å²) in [4.78, 5) is 13.1. The quantitative estimate of drug-likeness (QED) is 0.597. The largest absolute Gasteiger partial charge is 0.354 e. The molecule has 0 heterocycles. The summed E-state index contributed by atoms with van der Waals surface area (Å²) in [7, 11) is -3.81. The van der Waals surface area contributed by atoms with Gasteiger partial charge in [0.1, 0.15) is 6.04 Å². The van der Waals surface area contributed by atoms with Crippen molar-refractivity contribution in [2.45, 2.75) is 56.4 Å². The highest BCUT2D eigenvalue weighted by Crippen LogP contribution is 2.19. The number of hydrogen-bond donors (Lipinski definition) is 2. The SMILES string of the molecule is Cc1ccc(S(=O)(=O)N[C@@H](Cc2ccccc2)C(=O)NCCC2=CCCCC2)cc1. The first-order valence-corrected chi connectivity index (χ1v) is 12.0. The third-order valence-electron chi connectivity index (χ3n) is 5.36. The average Bonchev–Trinajstić information content (AvgIpc) is 2.75. The number of sulfonamides is 1. The second-order valence-corrected chi connectivity index (χ2v) is 9.54. The summed E-state index contributed by atoms with van der Waals surface area (Å²) in [6, 6.07) is 15.2. The minimum Gasteiger partial charge on any atom is -0.354 e. The number of carbonyl (C=O) groups excluding carboxylic acids is 1. The third kappa shape index (κ3) is 6.54. The van der Waals surface area contributed by atoms with Crippen molar-refractivity contribution in [3.63, 3.8) is 0 Å². The van der Waals surface area contributed by atoms with Crippen LogP contribution in [-0.2, 0) is 21.2 Å². The molecule has 160 valence electrons. The van der Waals surface area contributed by atoms with E-state index >= 15 is 0 Å². The fourth-order valence-corrected chi connectivity index (χ4v) is 4.81. The Kier molecular flexibility index (Phi) is 7.82. The average molecular weight is 427 g/mol. The van der Waals surface area contributed by atoms with E-state index < -0.39 is 16.1 Å². The van der Waals surface area contributed by atoms with Crippen LogP contribution in [0, 0.1) is 6.92 Å².